The number of nitrogens with one attached hydrogen (secondary N) is 1. The van der Waals surface area contributed by atoms with E-state index in [4.69, 9.17) is 5.11 Å². The second kappa shape index (κ2) is 8.55. The molecule has 0 aromatic heterocycles. The molecule has 3 amide bonds. The third-order valence-corrected chi connectivity index (χ3v) is 2.23. The molecular formula is C11H20N2O4. The molecule has 2 N–H and O–H groups in total. The van der Waals surface area contributed by atoms with Crippen LogP contribution in [-0.4, -0.2) is 41.5 Å². The molecule has 0 aromatic rings. The van der Waals surface area contributed by atoms with Crippen LogP contribution >= 0.6 is 0 Å². The summed E-state index contributed by atoms with van der Waals surface area (Å²) >= 11 is 0. The smallest absolute Gasteiger partial charge is 0.323 e. The predicted octanol–water partition coefficient (Wildman–Crippen LogP) is 1.21. The van der Waals surface area contributed by atoms with Crippen LogP contribution in [-0.2, 0) is 9.59 Å². The minimum Gasteiger partial charge on any atom is -0.481 e. The SMILES string of the molecule is CCCCN(C)C(=O)NC(=O)CCCC(=O)O. The average molecular weight is 244 g/mol. The van der Waals surface area contributed by atoms with Crippen molar-refractivity contribution in [2.45, 2.75) is 39.0 Å². The number of imide groups is 1. The molecule has 0 saturated heterocycles. The van der Waals surface area contributed by atoms with Gasteiger partial charge >= 0.3 is 12.0 Å². The van der Waals surface area contributed by atoms with Crippen LogP contribution < -0.4 is 5.32 Å². The number of carbonyl (C=O) groups excluding carboxylic acids is 2. The van der Waals surface area contributed by atoms with E-state index in [0.29, 0.717) is 6.54 Å². The van der Waals surface area contributed by atoms with E-state index in [1.54, 1.807) is 7.05 Å². The van der Waals surface area contributed by atoms with Gasteiger partial charge in [0.1, 0.15) is 0 Å². The number of carboxylic acids is 1. The highest BCUT2D eigenvalue weighted by Gasteiger charge is 2.11. The highest BCUT2D eigenvalue weighted by molar-refractivity contribution is 5.94. The maximum Gasteiger partial charge on any atom is 0.323 e. The molecule has 6 nitrogen and oxygen atoms in total. The van der Waals surface area contributed by atoms with E-state index < -0.39 is 17.9 Å². The number of aliphatic carboxylic acids is 1. The third-order valence-electron chi connectivity index (χ3n) is 2.23. The summed E-state index contributed by atoms with van der Waals surface area (Å²) in [7, 11) is 1.62. The molecule has 98 valence electrons. The minimum atomic E-state index is -0.941. The highest BCUT2D eigenvalue weighted by Crippen LogP contribution is 1.96. The van der Waals surface area contributed by atoms with Crippen LogP contribution in [0.25, 0.3) is 0 Å². The molecule has 0 heterocycles. The van der Waals surface area contributed by atoms with E-state index in [1.165, 1.54) is 4.90 Å². The molecule has 0 spiro atoms. The number of hydrogen-bond donors (Lipinski definition) is 2. The number of unbranched alkanes of at least 4 members (excludes halogenated alkanes) is 1. The maximum atomic E-state index is 11.4. The Bertz CT molecular complexity index is 279. The summed E-state index contributed by atoms with van der Waals surface area (Å²) in [5, 5.41) is 10.6. The first-order valence-corrected chi connectivity index (χ1v) is 5.74. The fourth-order valence-electron chi connectivity index (χ4n) is 1.17. The van der Waals surface area contributed by atoms with Crippen molar-refractivity contribution in [3.8, 4) is 0 Å². The summed E-state index contributed by atoms with van der Waals surface area (Å²) in [5.74, 6) is -1.37. The van der Waals surface area contributed by atoms with Crippen LogP contribution in [0.1, 0.15) is 39.0 Å². The molecule has 0 radical (unpaired) electrons. The van der Waals surface area contributed by atoms with Gasteiger partial charge < -0.3 is 10.0 Å². The Balaban J connectivity index is 3.79. The Labute approximate surface area is 101 Å². The van der Waals surface area contributed by atoms with Gasteiger partial charge in [0.15, 0.2) is 0 Å². The molecule has 0 atom stereocenters. The minimum absolute atomic E-state index is 0.0552. The summed E-state index contributed by atoms with van der Waals surface area (Å²) in [5.41, 5.74) is 0. The molecule has 0 aliphatic heterocycles. The summed E-state index contributed by atoms with van der Waals surface area (Å²) < 4.78 is 0. The molecule has 0 aliphatic carbocycles. The Morgan fingerprint density at radius 3 is 2.35 bits per heavy atom. The lowest BCUT2D eigenvalue weighted by Crippen LogP contribution is -2.41. The number of carbonyl (C=O) groups is 3. The van der Waals surface area contributed by atoms with Gasteiger partial charge in [-0.05, 0) is 12.8 Å². The Hall–Kier alpha value is -1.59. The number of rotatable bonds is 7. The van der Waals surface area contributed by atoms with Gasteiger partial charge in [-0.15, -0.1) is 0 Å². The van der Waals surface area contributed by atoms with Crippen molar-refractivity contribution in [1.82, 2.24) is 10.2 Å². The van der Waals surface area contributed by atoms with E-state index in [0.717, 1.165) is 12.8 Å². The zero-order valence-corrected chi connectivity index (χ0v) is 10.4. The first-order valence-electron chi connectivity index (χ1n) is 5.74. The van der Waals surface area contributed by atoms with E-state index >= 15 is 0 Å². The molecule has 0 aromatic carbocycles. The number of carboxylic acid groups (broad SMARTS) is 1. The van der Waals surface area contributed by atoms with Crippen LogP contribution in [0.3, 0.4) is 0 Å². The maximum absolute atomic E-state index is 11.4. The molecule has 0 aliphatic rings. The topological polar surface area (TPSA) is 86.7 Å². The zero-order chi connectivity index (χ0) is 13.3. The van der Waals surface area contributed by atoms with Crippen molar-refractivity contribution >= 4 is 17.9 Å². The summed E-state index contributed by atoms with van der Waals surface area (Å²) in [6.07, 6.45) is 2.10. The summed E-state index contributed by atoms with van der Waals surface area (Å²) in [4.78, 5) is 34.4. The van der Waals surface area contributed by atoms with Gasteiger partial charge in [0.2, 0.25) is 5.91 Å². The molecule has 0 fully saturated rings. The molecule has 17 heavy (non-hydrogen) atoms. The predicted molar refractivity (Wildman–Crippen MR) is 62.6 cm³/mol. The lowest BCUT2D eigenvalue weighted by molar-refractivity contribution is -0.137. The molecule has 0 saturated carbocycles. The van der Waals surface area contributed by atoms with Gasteiger partial charge in [0.25, 0.3) is 0 Å². The molecular weight excluding hydrogens is 224 g/mol. The van der Waals surface area contributed by atoms with Crippen LogP contribution in [0.5, 0.6) is 0 Å². The molecule has 6 heteroatoms. The normalized spacial score (nSPS) is 9.76. The zero-order valence-electron chi connectivity index (χ0n) is 10.4. The largest absolute Gasteiger partial charge is 0.481 e. The van der Waals surface area contributed by atoms with Crippen molar-refractivity contribution < 1.29 is 19.5 Å². The molecule has 0 bridgehead atoms. The van der Waals surface area contributed by atoms with Gasteiger partial charge in [-0.1, -0.05) is 13.3 Å². The third kappa shape index (κ3) is 8.24. The Kier molecular flexibility index (Phi) is 7.75. The van der Waals surface area contributed by atoms with E-state index in [9.17, 15) is 14.4 Å². The average Bonchev–Trinajstić information content (AvgIpc) is 2.25. The summed E-state index contributed by atoms with van der Waals surface area (Å²) in [6.45, 7) is 2.62. The van der Waals surface area contributed by atoms with Crippen LogP contribution in [0.15, 0.2) is 0 Å². The second-order valence-corrected chi connectivity index (χ2v) is 3.88. The number of urea groups is 1. The Morgan fingerprint density at radius 1 is 1.18 bits per heavy atom. The van der Waals surface area contributed by atoms with Gasteiger partial charge in [0, 0.05) is 26.4 Å². The van der Waals surface area contributed by atoms with E-state index in [1.807, 2.05) is 6.92 Å². The fraction of sp³-hybridized carbons (Fsp3) is 0.727. The number of nitrogens with zero attached hydrogens (tertiary/aromatic N) is 1. The van der Waals surface area contributed by atoms with Crippen LogP contribution in [0, 0.1) is 0 Å². The highest BCUT2D eigenvalue weighted by atomic mass is 16.4. The number of hydrogen-bond acceptors (Lipinski definition) is 3. The van der Waals surface area contributed by atoms with Gasteiger partial charge in [-0.25, -0.2) is 4.79 Å². The first kappa shape index (κ1) is 15.4. The molecule has 0 rings (SSSR count). The van der Waals surface area contributed by atoms with Crippen molar-refractivity contribution in [3.63, 3.8) is 0 Å². The van der Waals surface area contributed by atoms with Gasteiger partial charge in [-0.3, -0.25) is 14.9 Å². The lowest BCUT2D eigenvalue weighted by atomic mass is 10.2. The lowest BCUT2D eigenvalue weighted by Gasteiger charge is -2.16. The van der Waals surface area contributed by atoms with Crippen molar-refractivity contribution in [3.05, 3.63) is 0 Å². The van der Waals surface area contributed by atoms with Gasteiger partial charge in [-0.2, -0.15) is 0 Å². The van der Waals surface area contributed by atoms with Crippen LogP contribution in [0.4, 0.5) is 4.79 Å². The number of amides is 3. The van der Waals surface area contributed by atoms with Gasteiger partial charge in [0.05, 0.1) is 0 Å². The monoisotopic (exact) mass is 244 g/mol. The second-order valence-electron chi connectivity index (χ2n) is 3.88. The van der Waals surface area contributed by atoms with Crippen molar-refractivity contribution in [1.29, 1.82) is 0 Å². The van der Waals surface area contributed by atoms with E-state index in [2.05, 4.69) is 5.32 Å². The first-order chi connectivity index (χ1) is 7.97. The fourth-order valence-corrected chi connectivity index (χ4v) is 1.17. The van der Waals surface area contributed by atoms with Crippen LogP contribution in [0.2, 0.25) is 0 Å². The Morgan fingerprint density at radius 2 is 1.82 bits per heavy atom. The van der Waals surface area contributed by atoms with Crippen molar-refractivity contribution in [2.75, 3.05) is 13.6 Å². The van der Waals surface area contributed by atoms with Crippen molar-refractivity contribution in [2.24, 2.45) is 0 Å². The standard InChI is InChI=1S/C11H20N2O4/c1-3-4-8-13(2)11(17)12-9(14)6-5-7-10(15)16/h3-8H2,1-2H3,(H,15,16)(H,12,14,17). The summed E-state index contributed by atoms with van der Waals surface area (Å²) in [6, 6.07) is -0.432. The quantitative estimate of drug-likeness (QED) is 0.704. The molecule has 0 unspecified atom stereocenters. The van der Waals surface area contributed by atoms with E-state index in [-0.39, 0.29) is 19.3 Å².